The molecule has 9 heteroatoms. The monoisotopic (exact) mass is 443 g/mol. The SMILES string of the molecule is CC(C)(C)c1ccc(S(=O)(=O)Nc2ncnc(OCCO)c2Oc2ccccc2)cc1. The highest BCUT2D eigenvalue weighted by Crippen LogP contribution is 2.36. The highest BCUT2D eigenvalue weighted by Gasteiger charge is 2.23. The van der Waals surface area contributed by atoms with Gasteiger partial charge in [0.05, 0.1) is 11.5 Å². The Kier molecular flexibility index (Phi) is 6.77. The molecule has 1 aromatic heterocycles. The summed E-state index contributed by atoms with van der Waals surface area (Å²) in [6.07, 6.45) is 1.16. The number of sulfonamides is 1. The maximum Gasteiger partial charge on any atom is 0.263 e. The van der Waals surface area contributed by atoms with E-state index in [1.165, 1.54) is 0 Å². The number of para-hydroxylation sites is 1. The van der Waals surface area contributed by atoms with Crippen molar-refractivity contribution >= 4 is 15.8 Å². The molecule has 0 aliphatic rings. The Hall–Kier alpha value is -3.17. The fraction of sp³-hybridized carbons (Fsp3) is 0.273. The van der Waals surface area contributed by atoms with E-state index >= 15 is 0 Å². The van der Waals surface area contributed by atoms with Crippen molar-refractivity contribution < 1.29 is 23.0 Å². The lowest BCUT2D eigenvalue weighted by atomic mass is 9.87. The van der Waals surface area contributed by atoms with Gasteiger partial charge in [-0.25, -0.2) is 13.4 Å². The molecule has 0 amide bonds. The van der Waals surface area contributed by atoms with Gasteiger partial charge in [-0.15, -0.1) is 0 Å². The minimum absolute atomic E-state index is 0.00274. The third-order valence-electron chi connectivity index (χ3n) is 4.33. The van der Waals surface area contributed by atoms with Crippen LogP contribution in [-0.2, 0) is 15.4 Å². The molecule has 3 rings (SSSR count). The Morgan fingerprint density at radius 2 is 1.68 bits per heavy atom. The molecule has 0 aliphatic heterocycles. The molecule has 0 aliphatic carbocycles. The summed E-state index contributed by atoms with van der Waals surface area (Å²) >= 11 is 0. The van der Waals surface area contributed by atoms with E-state index in [-0.39, 0.29) is 41.0 Å². The predicted molar refractivity (Wildman–Crippen MR) is 117 cm³/mol. The van der Waals surface area contributed by atoms with Crippen LogP contribution in [0.2, 0.25) is 0 Å². The van der Waals surface area contributed by atoms with Gasteiger partial charge in [-0.05, 0) is 35.2 Å². The summed E-state index contributed by atoms with van der Waals surface area (Å²) in [5, 5.41) is 9.07. The van der Waals surface area contributed by atoms with Crippen LogP contribution in [0, 0.1) is 0 Å². The van der Waals surface area contributed by atoms with Crippen molar-refractivity contribution in [1.29, 1.82) is 0 Å². The summed E-state index contributed by atoms with van der Waals surface area (Å²) in [5.74, 6) is 0.374. The number of aliphatic hydroxyl groups is 1. The van der Waals surface area contributed by atoms with Crippen LogP contribution in [0.25, 0.3) is 0 Å². The van der Waals surface area contributed by atoms with Gasteiger partial charge in [0.25, 0.3) is 15.9 Å². The summed E-state index contributed by atoms with van der Waals surface area (Å²) in [7, 11) is -3.95. The third-order valence-corrected chi connectivity index (χ3v) is 5.68. The molecule has 2 N–H and O–H groups in total. The van der Waals surface area contributed by atoms with E-state index in [1.807, 2.05) is 6.07 Å². The van der Waals surface area contributed by atoms with E-state index in [1.54, 1.807) is 48.5 Å². The van der Waals surface area contributed by atoms with Crippen molar-refractivity contribution in [2.45, 2.75) is 31.1 Å². The van der Waals surface area contributed by atoms with E-state index in [2.05, 4.69) is 35.5 Å². The lowest BCUT2D eigenvalue weighted by Crippen LogP contribution is -2.16. The van der Waals surface area contributed by atoms with E-state index in [0.29, 0.717) is 5.75 Å². The van der Waals surface area contributed by atoms with Crippen molar-refractivity contribution in [3.05, 3.63) is 66.5 Å². The lowest BCUT2D eigenvalue weighted by Gasteiger charge is -2.19. The fourth-order valence-corrected chi connectivity index (χ4v) is 3.71. The quantitative estimate of drug-likeness (QED) is 0.546. The van der Waals surface area contributed by atoms with Gasteiger partial charge in [-0.2, -0.15) is 4.98 Å². The molecule has 164 valence electrons. The zero-order valence-electron chi connectivity index (χ0n) is 17.6. The summed E-state index contributed by atoms with van der Waals surface area (Å²) < 4.78 is 39.7. The van der Waals surface area contributed by atoms with Crippen LogP contribution in [-0.4, -0.2) is 36.7 Å². The largest absolute Gasteiger partial charge is 0.472 e. The molecule has 0 saturated heterocycles. The highest BCUT2D eigenvalue weighted by molar-refractivity contribution is 7.92. The van der Waals surface area contributed by atoms with Gasteiger partial charge in [-0.1, -0.05) is 51.1 Å². The molecule has 0 unspecified atom stereocenters. The molecule has 3 aromatic rings. The van der Waals surface area contributed by atoms with Crippen LogP contribution in [0.3, 0.4) is 0 Å². The average molecular weight is 444 g/mol. The Morgan fingerprint density at radius 3 is 2.29 bits per heavy atom. The third kappa shape index (κ3) is 5.71. The maximum absolute atomic E-state index is 13.0. The number of nitrogens with zero attached hydrogens (tertiary/aromatic N) is 2. The van der Waals surface area contributed by atoms with Gasteiger partial charge in [0.1, 0.15) is 18.7 Å². The number of nitrogens with one attached hydrogen (secondary N) is 1. The van der Waals surface area contributed by atoms with E-state index in [4.69, 9.17) is 14.6 Å². The molecular formula is C22H25N3O5S. The smallest absolute Gasteiger partial charge is 0.263 e. The predicted octanol–water partition coefficient (Wildman–Crippen LogP) is 3.74. The van der Waals surface area contributed by atoms with Crippen molar-refractivity contribution in [3.63, 3.8) is 0 Å². The van der Waals surface area contributed by atoms with Gasteiger partial charge in [0, 0.05) is 0 Å². The number of hydrogen-bond acceptors (Lipinski definition) is 7. The molecule has 0 saturated carbocycles. The first kappa shape index (κ1) is 22.5. The molecule has 0 radical (unpaired) electrons. The van der Waals surface area contributed by atoms with E-state index < -0.39 is 10.0 Å². The first-order valence-corrected chi connectivity index (χ1v) is 11.1. The van der Waals surface area contributed by atoms with Crippen molar-refractivity contribution in [1.82, 2.24) is 9.97 Å². The Bertz CT molecular complexity index is 1110. The first-order valence-electron chi connectivity index (χ1n) is 9.65. The van der Waals surface area contributed by atoms with Crippen molar-refractivity contribution in [2.75, 3.05) is 17.9 Å². The first-order chi connectivity index (χ1) is 14.7. The topological polar surface area (TPSA) is 111 Å². The molecular weight excluding hydrogens is 418 g/mol. The van der Waals surface area contributed by atoms with Crippen LogP contribution in [0.4, 0.5) is 5.82 Å². The fourth-order valence-electron chi connectivity index (χ4n) is 2.69. The Morgan fingerprint density at radius 1 is 1.00 bits per heavy atom. The Labute approximate surface area is 182 Å². The van der Waals surface area contributed by atoms with Crippen molar-refractivity contribution in [3.8, 4) is 17.4 Å². The molecule has 8 nitrogen and oxygen atoms in total. The lowest BCUT2D eigenvalue weighted by molar-refractivity contribution is 0.192. The second-order valence-electron chi connectivity index (χ2n) is 7.72. The van der Waals surface area contributed by atoms with Gasteiger partial charge < -0.3 is 14.6 Å². The van der Waals surface area contributed by atoms with Gasteiger partial charge in [0.15, 0.2) is 5.82 Å². The van der Waals surface area contributed by atoms with Crippen LogP contribution in [0.1, 0.15) is 26.3 Å². The number of rotatable bonds is 8. The average Bonchev–Trinajstić information content (AvgIpc) is 2.74. The molecule has 0 atom stereocenters. The van der Waals surface area contributed by atoms with Gasteiger partial charge in [0.2, 0.25) is 5.75 Å². The summed E-state index contributed by atoms with van der Waals surface area (Å²) in [4.78, 5) is 8.14. The number of hydrogen-bond donors (Lipinski definition) is 2. The number of ether oxygens (including phenoxy) is 2. The number of anilines is 1. The van der Waals surface area contributed by atoms with Crippen LogP contribution >= 0.6 is 0 Å². The minimum atomic E-state index is -3.95. The van der Waals surface area contributed by atoms with E-state index in [0.717, 1.165) is 11.9 Å². The molecule has 0 bridgehead atoms. The van der Waals surface area contributed by atoms with Crippen LogP contribution < -0.4 is 14.2 Å². The maximum atomic E-state index is 13.0. The zero-order valence-corrected chi connectivity index (χ0v) is 18.4. The molecule has 2 aromatic carbocycles. The molecule has 1 heterocycles. The zero-order chi connectivity index (χ0) is 22.5. The molecule has 0 spiro atoms. The van der Waals surface area contributed by atoms with Crippen LogP contribution in [0.15, 0.2) is 65.8 Å². The second-order valence-corrected chi connectivity index (χ2v) is 9.41. The van der Waals surface area contributed by atoms with Crippen LogP contribution in [0.5, 0.6) is 17.4 Å². The summed E-state index contributed by atoms with van der Waals surface area (Å²) in [6, 6.07) is 15.4. The molecule has 31 heavy (non-hydrogen) atoms. The summed E-state index contributed by atoms with van der Waals surface area (Å²) in [5.41, 5.74) is 0.916. The van der Waals surface area contributed by atoms with Crippen molar-refractivity contribution in [2.24, 2.45) is 0 Å². The standard InChI is InChI=1S/C22H25N3O5S/c1-22(2,3)16-9-11-18(12-10-16)31(27,28)25-20-19(30-17-7-5-4-6-8-17)21(24-15-23-20)29-14-13-26/h4-12,15,26H,13-14H2,1-3H3,(H,23,24,25). The second kappa shape index (κ2) is 9.32. The number of aliphatic hydroxyl groups excluding tert-OH is 1. The summed E-state index contributed by atoms with van der Waals surface area (Å²) in [6.45, 7) is 5.88. The Balaban J connectivity index is 1.95. The van der Waals surface area contributed by atoms with Gasteiger partial charge >= 0.3 is 0 Å². The highest BCUT2D eigenvalue weighted by atomic mass is 32.2. The minimum Gasteiger partial charge on any atom is -0.472 e. The van der Waals surface area contributed by atoms with E-state index in [9.17, 15) is 8.42 Å². The normalized spacial score (nSPS) is 11.7. The molecule has 0 fully saturated rings. The van der Waals surface area contributed by atoms with Gasteiger partial charge in [-0.3, -0.25) is 4.72 Å². The number of benzene rings is 2. The number of aromatic nitrogens is 2.